The molecule has 0 amide bonds. The van der Waals surface area contributed by atoms with Gasteiger partial charge in [0.1, 0.15) is 19.3 Å². The summed E-state index contributed by atoms with van der Waals surface area (Å²) in [4.78, 5) is 25.0. The first-order valence-corrected chi connectivity index (χ1v) is 21.8. The lowest BCUT2D eigenvalue weighted by atomic mass is 10.1. The van der Waals surface area contributed by atoms with Gasteiger partial charge in [-0.3, -0.25) is 9.36 Å². The molecule has 0 aliphatic carbocycles. The van der Waals surface area contributed by atoms with Crippen molar-refractivity contribution in [2.75, 3.05) is 54.1 Å². The van der Waals surface area contributed by atoms with Crippen molar-refractivity contribution in [3.8, 4) is 0 Å². The van der Waals surface area contributed by atoms with Gasteiger partial charge in [0.05, 0.1) is 34.4 Å². The first kappa shape index (κ1) is 49.5. The van der Waals surface area contributed by atoms with Crippen LogP contribution < -0.4 is 4.89 Å². The van der Waals surface area contributed by atoms with Gasteiger partial charge in [0.2, 0.25) is 0 Å². The maximum absolute atomic E-state index is 12.6. The Hall–Kier alpha value is -1.54. The second-order valence-corrected chi connectivity index (χ2v) is 16.0. The van der Waals surface area contributed by atoms with Gasteiger partial charge in [-0.15, -0.1) is 0 Å². The molecule has 0 aliphatic rings. The molecule has 0 aliphatic heterocycles. The summed E-state index contributed by atoms with van der Waals surface area (Å²) in [7, 11) is 1.33. The Morgan fingerprint density at radius 1 is 0.627 bits per heavy atom. The average molecular weight is 740 g/mol. The number of nitrogens with zero attached hydrogens (tertiary/aromatic N) is 1. The smallest absolute Gasteiger partial charge is 0.306 e. The Kier molecular flexibility index (Phi) is 34.4. The van der Waals surface area contributed by atoms with E-state index in [0.29, 0.717) is 24.1 Å². The second kappa shape index (κ2) is 35.5. The van der Waals surface area contributed by atoms with Crippen LogP contribution in [0, 0.1) is 0 Å². The molecule has 2 unspecified atom stereocenters. The normalized spacial score (nSPS) is 14.4. The highest BCUT2D eigenvalue weighted by Gasteiger charge is 2.20. The van der Waals surface area contributed by atoms with Crippen molar-refractivity contribution >= 4 is 13.8 Å². The van der Waals surface area contributed by atoms with Crippen molar-refractivity contribution in [3.63, 3.8) is 0 Å². The van der Waals surface area contributed by atoms with Gasteiger partial charge >= 0.3 is 5.97 Å². The van der Waals surface area contributed by atoms with E-state index in [2.05, 4.69) is 62.5 Å². The van der Waals surface area contributed by atoms with Crippen LogP contribution in [0.5, 0.6) is 0 Å². The molecule has 0 bridgehead atoms. The molecule has 0 N–H and O–H groups in total. The maximum atomic E-state index is 12.6. The molecule has 0 rings (SSSR count). The summed E-state index contributed by atoms with van der Waals surface area (Å²) in [5, 5.41) is 0. The van der Waals surface area contributed by atoms with Crippen LogP contribution >= 0.6 is 7.82 Å². The van der Waals surface area contributed by atoms with Crippen molar-refractivity contribution < 1.29 is 37.3 Å². The van der Waals surface area contributed by atoms with Gasteiger partial charge in [-0.25, -0.2) is 0 Å². The van der Waals surface area contributed by atoms with Crippen molar-refractivity contribution in [3.05, 3.63) is 48.6 Å². The molecule has 0 spiro atoms. The zero-order chi connectivity index (χ0) is 37.7. The van der Waals surface area contributed by atoms with Crippen LogP contribution in [0.1, 0.15) is 155 Å². The number of phosphoric acid groups is 1. The van der Waals surface area contributed by atoms with E-state index in [-0.39, 0.29) is 25.8 Å². The van der Waals surface area contributed by atoms with E-state index in [9.17, 15) is 14.3 Å². The van der Waals surface area contributed by atoms with Crippen LogP contribution in [0.15, 0.2) is 48.6 Å². The summed E-state index contributed by atoms with van der Waals surface area (Å²) in [5.74, 6) is -0.355. The topological polar surface area (TPSA) is 94.1 Å². The summed E-state index contributed by atoms with van der Waals surface area (Å²) in [5.41, 5.74) is 0. The zero-order valence-electron chi connectivity index (χ0n) is 33.5. The number of rotatable bonds is 37. The molecule has 9 heteroatoms. The van der Waals surface area contributed by atoms with E-state index in [1.165, 1.54) is 64.2 Å². The minimum Gasteiger partial charge on any atom is -0.756 e. The number of allylic oxidation sites excluding steroid dienone is 8. The lowest BCUT2D eigenvalue weighted by molar-refractivity contribution is -0.870. The van der Waals surface area contributed by atoms with E-state index in [1.54, 1.807) is 0 Å². The Bertz CT molecular complexity index is 957. The number of carbonyl (C=O) groups excluding carboxylic acids is 1. The molecule has 0 aromatic heterocycles. The molecule has 0 radical (unpaired) electrons. The van der Waals surface area contributed by atoms with Crippen LogP contribution in [0.4, 0.5) is 0 Å². The van der Waals surface area contributed by atoms with Gasteiger partial charge in [0, 0.05) is 13.0 Å². The van der Waals surface area contributed by atoms with E-state index in [0.717, 1.165) is 70.6 Å². The first-order chi connectivity index (χ1) is 24.6. The van der Waals surface area contributed by atoms with Gasteiger partial charge in [-0.1, -0.05) is 127 Å². The minimum absolute atomic E-state index is 0.0197. The maximum Gasteiger partial charge on any atom is 0.306 e. The summed E-state index contributed by atoms with van der Waals surface area (Å²) in [6, 6.07) is 0. The number of quaternary nitrogens is 1. The Balaban J connectivity index is 4.32. The van der Waals surface area contributed by atoms with E-state index >= 15 is 0 Å². The van der Waals surface area contributed by atoms with Crippen LogP contribution in [0.25, 0.3) is 0 Å². The van der Waals surface area contributed by atoms with Crippen LogP contribution in [-0.2, 0) is 27.9 Å². The SMILES string of the molecule is CC/C=C\C/C=C\C/C=C\CCCCCCCC(=O)OC(COCCCCCCCC/C=C\CCCCCC)COP(=O)([O-])OCC[N+](C)(C)C. The predicted octanol–water partition coefficient (Wildman–Crippen LogP) is 11.0. The molecule has 0 heterocycles. The third-order valence-corrected chi connectivity index (χ3v) is 9.33. The number of unbranched alkanes of at least 4 members (excludes halogenated alkanes) is 15. The summed E-state index contributed by atoms with van der Waals surface area (Å²) in [6.07, 6.45) is 41.1. The fourth-order valence-electron chi connectivity index (χ4n) is 5.20. The van der Waals surface area contributed by atoms with E-state index in [4.69, 9.17) is 18.5 Å². The third-order valence-electron chi connectivity index (χ3n) is 8.36. The average Bonchev–Trinajstić information content (AvgIpc) is 3.08. The molecule has 8 nitrogen and oxygen atoms in total. The molecule has 0 saturated heterocycles. The quantitative estimate of drug-likeness (QED) is 0.0206. The molecule has 0 fully saturated rings. The number of phosphoric ester groups is 1. The molecule has 0 aromatic carbocycles. The monoisotopic (exact) mass is 740 g/mol. The lowest BCUT2D eigenvalue weighted by Gasteiger charge is -2.28. The summed E-state index contributed by atoms with van der Waals surface area (Å²) >= 11 is 0. The molecular weight excluding hydrogens is 661 g/mol. The standard InChI is InChI=1S/C42H78NO7P/c1-6-8-10-12-14-16-18-20-22-23-25-27-29-31-33-35-42(44)50-41(40-49-51(45,46)48-38-36-43(3,4)5)39-47-37-34-32-30-28-26-24-21-19-17-15-13-11-9-7-2/h8,10,14,16-17,19-20,22,41H,6-7,9,11-13,15,18,21,23-40H2,1-5H3/b10-8-,16-14-,19-17-,22-20-. The van der Waals surface area contributed by atoms with Crippen molar-refractivity contribution in [2.45, 2.75) is 161 Å². The van der Waals surface area contributed by atoms with Gasteiger partial charge in [0.15, 0.2) is 0 Å². The largest absolute Gasteiger partial charge is 0.756 e. The fraction of sp³-hybridized carbons (Fsp3) is 0.786. The Labute approximate surface area is 314 Å². The molecule has 0 saturated carbocycles. The first-order valence-electron chi connectivity index (χ1n) is 20.4. The molecule has 0 aromatic rings. The predicted molar refractivity (Wildman–Crippen MR) is 213 cm³/mol. The van der Waals surface area contributed by atoms with Crippen molar-refractivity contribution in [2.24, 2.45) is 0 Å². The van der Waals surface area contributed by atoms with Crippen molar-refractivity contribution in [1.29, 1.82) is 0 Å². The summed E-state index contributed by atoms with van der Waals surface area (Å²) in [6.45, 7) is 5.23. The van der Waals surface area contributed by atoms with Crippen LogP contribution in [-0.4, -0.2) is 70.7 Å². The second-order valence-electron chi connectivity index (χ2n) is 14.6. The number of likely N-dealkylation sites (N-methyl/N-ethyl adjacent to an activating group) is 1. The Morgan fingerprint density at radius 3 is 1.73 bits per heavy atom. The highest BCUT2D eigenvalue weighted by molar-refractivity contribution is 7.45. The van der Waals surface area contributed by atoms with Crippen molar-refractivity contribution in [1.82, 2.24) is 0 Å². The number of hydrogen-bond donors (Lipinski definition) is 0. The molecular formula is C42H78NO7P. The van der Waals surface area contributed by atoms with E-state index in [1.807, 2.05) is 21.1 Å². The molecule has 2 atom stereocenters. The third kappa shape index (κ3) is 39.5. The van der Waals surface area contributed by atoms with Gasteiger partial charge in [-0.2, -0.15) is 0 Å². The van der Waals surface area contributed by atoms with Crippen LogP contribution in [0.3, 0.4) is 0 Å². The van der Waals surface area contributed by atoms with E-state index < -0.39 is 13.9 Å². The number of ether oxygens (including phenoxy) is 2. The number of carbonyl (C=O) groups is 1. The van der Waals surface area contributed by atoms with Gasteiger partial charge < -0.3 is 27.9 Å². The molecule has 51 heavy (non-hydrogen) atoms. The molecule has 298 valence electrons. The van der Waals surface area contributed by atoms with Gasteiger partial charge in [-0.05, 0) is 70.6 Å². The van der Waals surface area contributed by atoms with Crippen LogP contribution in [0.2, 0.25) is 0 Å². The summed E-state index contributed by atoms with van der Waals surface area (Å²) < 4.78 is 34.5. The number of hydrogen-bond acceptors (Lipinski definition) is 7. The minimum atomic E-state index is -4.53. The fourth-order valence-corrected chi connectivity index (χ4v) is 5.93. The highest BCUT2D eigenvalue weighted by Crippen LogP contribution is 2.38. The van der Waals surface area contributed by atoms with Gasteiger partial charge in [0.25, 0.3) is 7.82 Å². The lowest BCUT2D eigenvalue weighted by Crippen LogP contribution is -2.37. The zero-order valence-corrected chi connectivity index (χ0v) is 34.4. The number of esters is 1. The highest BCUT2D eigenvalue weighted by atomic mass is 31.2. The Morgan fingerprint density at radius 2 is 1.14 bits per heavy atom.